The molecule has 1 heterocycles. The minimum absolute atomic E-state index is 0.0821. The lowest BCUT2D eigenvalue weighted by Crippen LogP contribution is -2.34. The lowest BCUT2D eigenvalue weighted by Gasteiger charge is -2.17. The Morgan fingerprint density at radius 1 is 1.33 bits per heavy atom. The van der Waals surface area contributed by atoms with Crippen molar-refractivity contribution in [1.29, 1.82) is 0 Å². The van der Waals surface area contributed by atoms with E-state index in [-0.39, 0.29) is 11.9 Å². The molecule has 1 atom stereocenters. The topological polar surface area (TPSA) is 63.2 Å². The summed E-state index contributed by atoms with van der Waals surface area (Å²) in [4.78, 5) is 16.2. The molecule has 0 saturated carbocycles. The molecule has 112 valence electrons. The number of thiazole rings is 1. The van der Waals surface area contributed by atoms with Gasteiger partial charge in [-0.1, -0.05) is 6.92 Å². The number of nitrogens with one attached hydrogen (secondary N) is 2. The minimum Gasteiger partial charge on any atom is -0.494 e. The molecule has 0 aliphatic heterocycles. The van der Waals surface area contributed by atoms with Gasteiger partial charge in [-0.15, -0.1) is 11.3 Å². The van der Waals surface area contributed by atoms with Gasteiger partial charge in [-0.2, -0.15) is 0 Å². The van der Waals surface area contributed by atoms with E-state index in [0.717, 1.165) is 11.4 Å². The quantitative estimate of drug-likeness (QED) is 0.823. The van der Waals surface area contributed by atoms with Gasteiger partial charge >= 0.3 is 0 Å². The average molecular weight is 305 g/mol. The van der Waals surface area contributed by atoms with Crippen LogP contribution in [0.2, 0.25) is 0 Å². The summed E-state index contributed by atoms with van der Waals surface area (Å²) in [5, 5.41) is 8.47. The predicted molar refractivity (Wildman–Crippen MR) is 86.1 cm³/mol. The van der Waals surface area contributed by atoms with E-state index < -0.39 is 0 Å². The molecule has 0 spiro atoms. The molecule has 0 saturated heterocycles. The third-order valence-electron chi connectivity index (χ3n) is 2.89. The van der Waals surface area contributed by atoms with Crippen LogP contribution in [-0.2, 0) is 4.79 Å². The summed E-state index contributed by atoms with van der Waals surface area (Å²) in [6, 6.07) is 7.29. The molecule has 1 amide bonds. The first-order valence-corrected chi connectivity index (χ1v) is 7.80. The van der Waals surface area contributed by atoms with Gasteiger partial charge in [0.1, 0.15) is 11.8 Å². The number of aromatic nitrogens is 1. The fourth-order valence-electron chi connectivity index (χ4n) is 1.85. The van der Waals surface area contributed by atoms with Crippen molar-refractivity contribution in [2.75, 3.05) is 17.2 Å². The molecule has 0 fully saturated rings. The van der Waals surface area contributed by atoms with Gasteiger partial charge in [0.2, 0.25) is 5.91 Å². The molecule has 2 aromatic rings. The number of carbonyl (C=O) groups is 1. The first-order chi connectivity index (χ1) is 10.2. The third-order valence-corrected chi connectivity index (χ3v) is 3.58. The Hall–Kier alpha value is -2.08. The highest BCUT2D eigenvalue weighted by Gasteiger charge is 2.17. The van der Waals surface area contributed by atoms with E-state index in [2.05, 4.69) is 15.6 Å². The monoisotopic (exact) mass is 305 g/mol. The summed E-state index contributed by atoms with van der Waals surface area (Å²) in [6.07, 6.45) is 2.35. The third kappa shape index (κ3) is 4.46. The maximum absolute atomic E-state index is 12.2. The van der Waals surface area contributed by atoms with Crippen molar-refractivity contribution >= 4 is 28.1 Å². The highest BCUT2D eigenvalue weighted by molar-refractivity contribution is 7.13. The van der Waals surface area contributed by atoms with Crippen LogP contribution in [0.1, 0.15) is 20.3 Å². The normalized spacial score (nSPS) is 11.7. The molecule has 0 unspecified atom stereocenters. The minimum atomic E-state index is -0.299. The number of hydrogen-bond acceptors (Lipinski definition) is 5. The number of hydrogen-bond donors (Lipinski definition) is 2. The van der Waals surface area contributed by atoms with E-state index in [0.29, 0.717) is 18.2 Å². The second kappa shape index (κ2) is 7.64. The standard InChI is InChI=1S/C15H19N3O2S/c1-3-13(14(19)18-15-16-9-10-21-15)17-11-5-7-12(8-6-11)20-4-2/h5-10,13,17H,3-4H2,1-2H3,(H,16,18,19)/t13-/m1/s1. The van der Waals surface area contributed by atoms with Crippen LogP contribution >= 0.6 is 11.3 Å². The molecule has 0 aliphatic rings. The fourth-order valence-corrected chi connectivity index (χ4v) is 2.38. The summed E-state index contributed by atoms with van der Waals surface area (Å²) < 4.78 is 5.40. The van der Waals surface area contributed by atoms with Gasteiger partial charge in [0.15, 0.2) is 5.13 Å². The van der Waals surface area contributed by atoms with Crippen molar-refractivity contribution < 1.29 is 9.53 Å². The van der Waals surface area contributed by atoms with Crippen LogP contribution in [0.25, 0.3) is 0 Å². The number of ether oxygens (including phenoxy) is 1. The number of rotatable bonds is 7. The van der Waals surface area contributed by atoms with Crippen molar-refractivity contribution in [2.45, 2.75) is 26.3 Å². The number of amides is 1. The molecule has 1 aromatic carbocycles. The van der Waals surface area contributed by atoms with Crippen LogP contribution in [0, 0.1) is 0 Å². The lowest BCUT2D eigenvalue weighted by molar-refractivity contribution is -0.116. The molecule has 21 heavy (non-hydrogen) atoms. The molecule has 0 radical (unpaired) electrons. The smallest absolute Gasteiger partial charge is 0.248 e. The highest BCUT2D eigenvalue weighted by Crippen LogP contribution is 2.18. The Labute approximate surface area is 128 Å². The summed E-state index contributed by atoms with van der Waals surface area (Å²) in [5.41, 5.74) is 0.889. The van der Waals surface area contributed by atoms with Crippen LogP contribution in [-0.4, -0.2) is 23.5 Å². The molecule has 5 nitrogen and oxygen atoms in total. The van der Waals surface area contributed by atoms with E-state index in [1.54, 1.807) is 6.20 Å². The molecule has 1 aromatic heterocycles. The Morgan fingerprint density at radius 2 is 2.10 bits per heavy atom. The molecule has 0 aliphatic carbocycles. The second-order valence-corrected chi connectivity index (χ2v) is 5.28. The Bertz CT molecular complexity index is 555. The largest absolute Gasteiger partial charge is 0.494 e. The van der Waals surface area contributed by atoms with Gasteiger partial charge < -0.3 is 15.4 Å². The molecular formula is C15H19N3O2S. The van der Waals surface area contributed by atoms with Gasteiger partial charge in [0, 0.05) is 17.3 Å². The first-order valence-electron chi connectivity index (χ1n) is 6.92. The zero-order chi connectivity index (χ0) is 15.1. The molecular weight excluding hydrogens is 286 g/mol. The van der Waals surface area contributed by atoms with E-state index in [9.17, 15) is 4.79 Å². The van der Waals surface area contributed by atoms with Gasteiger partial charge in [-0.3, -0.25) is 4.79 Å². The lowest BCUT2D eigenvalue weighted by atomic mass is 10.2. The van der Waals surface area contributed by atoms with Crippen molar-refractivity contribution in [3.8, 4) is 5.75 Å². The zero-order valence-electron chi connectivity index (χ0n) is 12.1. The van der Waals surface area contributed by atoms with E-state index in [1.165, 1.54) is 11.3 Å². The van der Waals surface area contributed by atoms with E-state index >= 15 is 0 Å². The van der Waals surface area contributed by atoms with Crippen LogP contribution in [0.3, 0.4) is 0 Å². The number of benzene rings is 1. The van der Waals surface area contributed by atoms with Crippen molar-refractivity contribution in [1.82, 2.24) is 4.98 Å². The molecule has 2 rings (SSSR count). The predicted octanol–water partition coefficient (Wildman–Crippen LogP) is 3.37. The number of carbonyl (C=O) groups excluding carboxylic acids is 1. The Morgan fingerprint density at radius 3 is 2.67 bits per heavy atom. The first kappa shape index (κ1) is 15.3. The summed E-state index contributed by atoms with van der Waals surface area (Å²) in [7, 11) is 0. The van der Waals surface area contributed by atoms with Gasteiger partial charge in [0.25, 0.3) is 0 Å². The summed E-state index contributed by atoms with van der Waals surface area (Å²) >= 11 is 1.41. The van der Waals surface area contributed by atoms with Crippen LogP contribution < -0.4 is 15.4 Å². The van der Waals surface area contributed by atoms with Crippen molar-refractivity contribution in [3.63, 3.8) is 0 Å². The Balaban J connectivity index is 1.96. The maximum atomic E-state index is 12.2. The van der Waals surface area contributed by atoms with Crippen molar-refractivity contribution in [2.24, 2.45) is 0 Å². The molecule has 2 N–H and O–H groups in total. The van der Waals surface area contributed by atoms with Crippen LogP contribution in [0.4, 0.5) is 10.8 Å². The molecule has 0 bridgehead atoms. The number of nitrogens with zero attached hydrogens (tertiary/aromatic N) is 1. The van der Waals surface area contributed by atoms with E-state index in [4.69, 9.17) is 4.74 Å². The Kier molecular flexibility index (Phi) is 5.57. The van der Waals surface area contributed by atoms with Gasteiger partial charge in [-0.05, 0) is 37.6 Å². The number of anilines is 2. The summed E-state index contributed by atoms with van der Waals surface area (Å²) in [5.74, 6) is 0.740. The molecule has 6 heteroatoms. The second-order valence-electron chi connectivity index (χ2n) is 4.39. The maximum Gasteiger partial charge on any atom is 0.248 e. The van der Waals surface area contributed by atoms with Crippen molar-refractivity contribution in [3.05, 3.63) is 35.8 Å². The van der Waals surface area contributed by atoms with Gasteiger partial charge in [0.05, 0.1) is 6.61 Å². The van der Waals surface area contributed by atoms with Crippen LogP contribution in [0.5, 0.6) is 5.75 Å². The average Bonchev–Trinajstić information content (AvgIpc) is 2.99. The summed E-state index contributed by atoms with van der Waals surface area (Å²) in [6.45, 7) is 4.55. The van der Waals surface area contributed by atoms with E-state index in [1.807, 2.05) is 43.5 Å². The highest BCUT2D eigenvalue weighted by atomic mass is 32.1. The van der Waals surface area contributed by atoms with Crippen LogP contribution in [0.15, 0.2) is 35.8 Å². The fraction of sp³-hybridized carbons (Fsp3) is 0.333. The SMILES string of the molecule is CCOc1ccc(N[C@H](CC)C(=O)Nc2nccs2)cc1. The zero-order valence-corrected chi connectivity index (χ0v) is 12.9. The van der Waals surface area contributed by atoms with Gasteiger partial charge in [-0.25, -0.2) is 4.98 Å².